The summed E-state index contributed by atoms with van der Waals surface area (Å²) >= 11 is 1.16. The van der Waals surface area contributed by atoms with Crippen LogP contribution in [0.5, 0.6) is 5.75 Å². The molecule has 0 bridgehead atoms. The van der Waals surface area contributed by atoms with Crippen LogP contribution in [0, 0.1) is 5.92 Å². The number of amides is 1. The van der Waals surface area contributed by atoms with Gasteiger partial charge in [-0.2, -0.15) is 13.2 Å². The van der Waals surface area contributed by atoms with Gasteiger partial charge < -0.3 is 15.8 Å². The van der Waals surface area contributed by atoms with E-state index in [2.05, 4.69) is 15.0 Å². The molecular formula is C13H14F3N3O2S. The first-order chi connectivity index (χ1) is 10.3. The summed E-state index contributed by atoms with van der Waals surface area (Å²) in [6.45, 7) is 0.548. The van der Waals surface area contributed by atoms with Crippen LogP contribution in [0.25, 0.3) is 10.2 Å². The number of benzene rings is 1. The lowest BCUT2D eigenvalue weighted by Crippen LogP contribution is -2.26. The normalized spacial score (nSPS) is 13.1. The Morgan fingerprint density at radius 2 is 2.23 bits per heavy atom. The Morgan fingerprint density at radius 1 is 1.50 bits per heavy atom. The first kappa shape index (κ1) is 16.5. The van der Waals surface area contributed by atoms with E-state index in [1.807, 2.05) is 0 Å². The van der Waals surface area contributed by atoms with Gasteiger partial charge in [-0.15, -0.1) is 0 Å². The van der Waals surface area contributed by atoms with Gasteiger partial charge in [0.05, 0.1) is 10.2 Å². The predicted molar refractivity (Wildman–Crippen MR) is 78.0 cm³/mol. The quantitative estimate of drug-likeness (QED) is 0.882. The molecule has 1 amide bonds. The average molecular weight is 333 g/mol. The van der Waals surface area contributed by atoms with Crippen LogP contribution in [-0.4, -0.2) is 30.2 Å². The number of alkyl halides is 3. The number of hydrogen-bond donors (Lipinski definition) is 2. The molecule has 9 heteroatoms. The van der Waals surface area contributed by atoms with Gasteiger partial charge in [0.1, 0.15) is 5.75 Å². The summed E-state index contributed by atoms with van der Waals surface area (Å²) < 4.78 is 41.7. The maximum Gasteiger partial charge on any atom is 0.422 e. The molecule has 1 unspecified atom stereocenters. The highest BCUT2D eigenvalue weighted by atomic mass is 32.1. The van der Waals surface area contributed by atoms with E-state index in [4.69, 9.17) is 5.73 Å². The molecule has 0 fully saturated rings. The number of rotatable bonds is 5. The lowest BCUT2D eigenvalue weighted by Gasteiger charge is -2.08. The van der Waals surface area contributed by atoms with Crippen LogP contribution in [0.3, 0.4) is 0 Å². The fourth-order valence-corrected chi connectivity index (χ4v) is 2.45. The SMILES string of the molecule is CC(CN)C(=O)Nc1nc2ccc(OCC(F)(F)F)cc2s1. The van der Waals surface area contributed by atoms with Gasteiger partial charge in [-0.05, 0) is 18.2 Å². The maximum atomic E-state index is 12.1. The van der Waals surface area contributed by atoms with Gasteiger partial charge in [-0.3, -0.25) is 4.79 Å². The van der Waals surface area contributed by atoms with E-state index in [9.17, 15) is 18.0 Å². The van der Waals surface area contributed by atoms with Crippen LogP contribution in [0.4, 0.5) is 18.3 Å². The minimum atomic E-state index is -4.39. The van der Waals surface area contributed by atoms with E-state index in [1.165, 1.54) is 12.1 Å². The van der Waals surface area contributed by atoms with Crippen molar-refractivity contribution in [2.75, 3.05) is 18.5 Å². The monoisotopic (exact) mass is 333 g/mol. The van der Waals surface area contributed by atoms with Crippen molar-refractivity contribution >= 4 is 32.6 Å². The number of thiazole rings is 1. The highest BCUT2D eigenvalue weighted by Gasteiger charge is 2.28. The Morgan fingerprint density at radius 3 is 2.86 bits per heavy atom. The fourth-order valence-electron chi connectivity index (χ4n) is 1.55. The average Bonchev–Trinajstić information content (AvgIpc) is 2.84. The largest absolute Gasteiger partial charge is 0.484 e. The van der Waals surface area contributed by atoms with E-state index in [-0.39, 0.29) is 24.1 Å². The summed E-state index contributed by atoms with van der Waals surface area (Å²) in [5.74, 6) is -0.505. The topological polar surface area (TPSA) is 77.2 Å². The summed E-state index contributed by atoms with van der Waals surface area (Å²) in [6, 6.07) is 4.40. The zero-order chi connectivity index (χ0) is 16.3. The van der Waals surface area contributed by atoms with Crippen molar-refractivity contribution in [1.82, 2.24) is 4.98 Å². The van der Waals surface area contributed by atoms with Crippen LogP contribution in [0.2, 0.25) is 0 Å². The van der Waals surface area contributed by atoms with Crippen LogP contribution < -0.4 is 15.8 Å². The van der Waals surface area contributed by atoms with Crippen molar-refractivity contribution in [3.05, 3.63) is 18.2 Å². The summed E-state index contributed by atoms with van der Waals surface area (Å²) in [4.78, 5) is 15.9. The van der Waals surface area contributed by atoms with Crippen molar-refractivity contribution in [2.45, 2.75) is 13.1 Å². The van der Waals surface area contributed by atoms with Crippen LogP contribution in [0.15, 0.2) is 18.2 Å². The maximum absolute atomic E-state index is 12.1. The van der Waals surface area contributed by atoms with E-state index >= 15 is 0 Å². The number of nitrogens with one attached hydrogen (secondary N) is 1. The molecule has 0 aliphatic carbocycles. The molecule has 2 aromatic rings. The van der Waals surface area contributed by atoms with E-state index < -0.39 is 12.8 Å². The fraction of sp³-hybridized carbons (Fsp3) is 0.385. The molecule has 22 heavy (non-hydrogen) atoms. The third kappa shape index (κ3) is 4.31. The van der Waals surface area contributed by atoms with E-state index in [0.29, 0.717) is 15.3 Å². The summed E-state index contributed by atoms with van der Waals surface area (Å²) in [5, 5.41) is 2.99. The molecular weight excluding hydrogens is 319 g/mol. The molecule has 5 nitrogen and oxygen atoms in total. The number of aromatic nitrogens is 1. The molecule has 0 saturated carbocycles. The molecule has 0 radical (unpaired) electrons. The van der Waals surface area contributed by atoms with Crippen molar-refractivity contribution < 1.29 is 22.7 Å². The Hall–Kier alpha value is -1.87. The third-order valence-electron chi connectivity index (χ3n) is 2.79. The smallest absolute Gasteiger partial charge is 0.422 e. The van der Waals surface area contributed by atoms with Crippen molar-refractivity contribution in [2.24, 2.45) is 11.7 Å². The lowest BCUT2D eigenvalue weighted by atomic mass is 10.2. The third-order valence-corrected chi connectivity index (χ3v) is 3.73. The standard InChI is InChI=1S/C13H14F3N3O2S/c1-7(5-17)11(20)19-12-18-9-3-2-8(4-10(9)22-12)21-6-13(14,15)16/h2-4,7H,5-6,17H2,1H3,(H,18,19,20). The Kier molecular flexibility index (Phi) is 4.87. The number of carbonyl (C=O) groups excluding carboxylic acids is 1. The van der Waals surface area contributed by atoms with Crippen molar-refractivity contribution in [1.29, 1.82) is 0 Å². The number of halogens is 3. The van der Waals surface area contributed by atoms with Gasteiger partial charge in [-0.1, -0.05) is 18.3 Å². The first-order valence-electron chi connectivity index (χ1n) is 6.39. The molecule has 0 aliphatic rings. The number of hydrogen-bond acceptors (Lipinski definition) is 5. The van der Waals surface area contributed by atoms with Crippen LogP contribution >= 0.6 is 11.3 Å². The molecule has 0 spiro atoms. The highest BCUT2D eigenvalue weighted by Crippen LogP contribution is 2.30. The van der Waals surface area contributed by atoms with Gasteiger partial charge in [-0.25, -0.2) is 4.98 Å². The molecule has 1 atom stereocenters. The molecule has 0 saturated heterocycles. The molecule has 1 heterocycles. The molecule has 1 aromatic carbocycles. The number of carbonyl (C=O) groups is 1. The molecule has 0 aliphatic heterocycles. The number of ether oxygens (including phenoxy) is 1. The van der Waals surface area contributed by atoms with Gasteiger partial charge in [0, 0.05) is 12.5 Å². The zero-order valence-electron chi connectivity index (χ0n) is 11.6. The summed E-state index contributed by atoms with van der Waals surface area (Å²) in [7, 11) is 0. The van der Waals surface area contributed by atoms with E-state index in [1.54, 1.807) is 13.0 Å². The van der Waals surface area contributed by atoms with Crippen LogP contribution in [0.1, 0.15) is 6.92 Å². The minimum Gasteiger partial charge on any atom is -0.484 e. The number of fused-ring (bicyclic) bond motifs is 1. The second-order valence-corrected chi connectivity index (χ2v) is 5.71. The Balaban J connectivity index is 2.12. The zero-order valence-corrected chi connectivity index (χ0v) is 12.4. The van der Waals surface area contributed by atoms with Crippen molar-refractivity contribution in [3.8, 4) is 5.75 Å². The number of anilines is 1. The van der Waals surface area contributed by atoms with Crippen LogP contribution in [-0.2, 0) is 4.79 Å². The Labute approximate surface area is 128 Å². The second kappa shape index (κ2) is 6.49. The van der Waals surface area contributed by atoms with Gasteiger partial charge in [0.25, 0.3) is 0 Å². The van der Waals surface area contributed by atoms with Crippen molar-refractivity contribution in [3.63, 3.8) is 0 Å². The minimum absolute atomic E-state index is 0.0988. The molecule has 1 aromatic heterocycles. The van der Waals surface area contributed by atoms with Gasteiger partial charge in [0.2, 0.25) is 5.91 Å². The molecule has 120 valence electrons. The summed E-state index contributed by atoms with van der Waals surface area (Å²) in [6.07, 6.45) is -4.39. The predicted octanol–water partition coefficient (Wildman–Crippen LogP) is 2.77. The second-order valence-electron chi connectivity index (χ2n) is 4.68. The summed E-state index contributed by atoms with van der Waals surface area (Å²) in [5.41, 5.74) is 5.97. The number of nitrogens with two attached hydrogens (primary N) is 1. The van der Waals surface area contributed by atoms with Gasteiger partial charge in [0.15, 0.2) is 11.7 Å². The Bertz CT molecular complexity index is 672. The first-order valence-corrected chi connectivity index (χ1v) is 7.21. The van der Waals surface area contributed by atoms with Gasteiger partial charge >= 0.3 is 6.18 Å². The number of nitrogens with zero attached hydrogens (tertiary/aromatic N) is 1. The molecule has 2 rings (SSSR count). The lowest BCUT2D eigenvalue weighted by molar-refractivity contribution is -0.153. The van der Waals surface area contributed by atoms with E-state index in [0.717, 1.165) is 11.3 Å². The molecule has 3 N–H and O–H groups in total. The highest BCUT2D eigenvalue weighted by molar-refractivity contribution is 7.22.